The molecule has 2 aliphatic heterocycles. The lowest BCUT2D eigenvalue weighted by molar-refractivity contribution is -0.133. The molecule has 3 aromatic rings. The maximum Gasteiger partial charge on any atom is 0.239 e. The number of nitrogens with zero attached hydrogens (tertiary/aromatic N) is 4. The average molecular weight is 454 g/mol. The van der Waals surface area contributed by atoms with Crippen LogP contribution >= 0.6 is 12.4 Å². The standard InChI is InChI=1S/C25H31N5O.ClH/c1-28-23-12-3-2-10-21(23)27-24(28)19-8-6-9-20(18-19)29-14-7-15-30(17-16-29)25(31)22-11-4-5-13-26-22;/h2-3,6,8-10,12,18,22,26H,4-5,7,11,13-17H2,1H3;1H/t22-;/m1./s1. The molecule has 0 aliphatic carbocycles. The van der Waals surface area contributed by atoms with Gasteiger partial charge in [0.15, 0.2) is 0 Å². The number of benzene rings is 2. The number of imidazole rings is 1. The molecule has 0 unspecified atom stereocenters. The van der Waals surface area contributed by atoms with Gasteiger partial charge in [-0.3, -0.25) is 4.79 Å². The minimum absolute atomic E-state index is 0. The fourth-order valence-electron chi connectivity index (χ4n) is 4.92. The third kappa shape index (κ3) is 4.48. The fourth-order valence-corrected chi connectivity index (χ4v) is 4.92. The molecule has 1 N–H and O–H groups in total. The Labute approximate surface area is 196 Å². The lowest BCUT2D eigenvalue weighted by atomic mass is 10.0. The molecular weight excluding hydrogens is 422 g/mol. The van der Waals surface area contributed by atoms with Crippen molar-refractivity contribution in [2.24, 2.45) is 7.05 Å². The highest BCUT2D eigenvalue weighted by atomic mass is 35.5. The predicted molar refractivity (Wildman–Crippen MR) is 132 cm³/mol. The summed E-state index contributed by atoms with van der Waals surface area (Å²) in [5, 5.41) is 3.41. The number of hydrogen-bond donors (Lipinski definition) is 1. The van der Waals surface area contributed by atoms with Gasteiger partial charge < -0.3 is 19.7 Å². The monoisotopic (exact) mass is 453 g/mol. The molecule has 1 aromatic heterocycles. The van der Waals surface area contributed by atoms with Crippen molar-refractivity contribution >= 4 is 35.0 Å². The predicted octanol–water partition coefficient (Wildman–Crippen LogP) is 3.84. The van der Waals surface area contributed by atoms with Gasteiger partial charge in [-0.25, -0.2) is 4.98 Å². The molecule has 5 rings (SSSR count). The molecule has 2 fully saturated rings. The smallest absolute Gasteiger partial charge is 0.239 e. The van der Waals surface area contributed by atoms with Crippen LogP contribution in [0.15, 0.2) is 48.5 Å². The molecule has 0 saturated carbocycles. The van der Waals surface area contributed by atoms with Crippen LogP contribution in [0, 0.1) is 0 Å². The molecular formula is C25H32ClN5O. The molecule has 0 radical (unpaired) electrons. The van der Waals surface area contributed by atoms with Crippen LogP contribution in [0.2, 0.25) is 0 Å². The Balaban J connectivity index is 0.00000245. The van der Waals surface area contributed by atoms with Crippen molar-refractivity contribution in [1.82, 2.24) is 19.8 Å². The molecule has 32 heavy (non-hydrogen) atoms. The maximum absolute atomic E-state index is 12.9. The molecule has 1 atom stereocenters. The normalized spacial score (nSPS) is 19.5. The van der Waals surface area contributed by atoms with Gasteiger partial charge in [0.2, 0.25) is 5.91 Å². The van der Waals surface area contributed by atoms with Crippen LogP contribution in [0.1, 0.15) is 25.7 Å². The van der Waals surface area contributed by atoms with Crippen LogP contribution in [0.4, 0.5) is 5.69 Å². The summed E-state index contributed by atoms with van der Waals surface area (Å²) in [4.78, 5) is 22.3. The number of amides is 1. The van der Waals surface area contributed by atoms with E-state index in [1.54, 1.807) is 0 Å². The van der Waals surface area contributed by atoms with E-state index in [-0.39, 0.29) is 24.4 Å². The van der Waals surface area contributed by atoms with Gasteiger partial charge in [-0.1, -0.05) is 30.7 Å². The highest BCUT2D eigenvalue weighted by Crippen LogP contribution is 2.27. The van der Waals surface area contributed by atoms with Crippen LogP contribution in [0.5, 0.6) is 0 Å². The molecule has 170 valence electrons. The van der Waals surface area contributed by atoms with Gasteiger partial charge in [0.25, 0.3) is 0 Å². The summed E-state index contributed by atoms with van der Waals surface area (Å²) in [6.45, 7) is 4.43. The highest BCUT2D eigenvalue weighted by molar-refractivity contribution is 5.85. The fraction of sp³-hybridized carbons (Fsp3) is 0.440. The molecule has 0 spiro atoms. The van der Waals surface area contributed by atoms with Gasteiger partial charge >= 0.3 is 0 Å². The van der Waals surface area contributed by atoms with Crippen molar-refractivity contribution in [3.8, 4) is 11.4 Å². The highest BCUT2D eigenvalue weighted by Gasteiger charge is 2.27. The van der Waals surface area contributed by atoms with Crippen LogP contribution < -0.4 is 10.2 Å². The molecule has 1 amide bonds. The van der Waals surface area contributed by atoms with E-state index < -0.39 is 0 Å². The van der Waals surface area contributed by atoms with E-state index in [0.717, 1.165) is 74.4 Å². The Bertz CT molecular complexity index is 1080. The number of aromatic nitrogens is 2. The summed E-state index contributed by atoms with van der Waals surface area (Å²) in [7, 11) is 2.08. The van der Waals surface area contributed by atoms with Crippen LogP contribution in [0.25, 0.3) is 22.4 Å². The number of carbonyl (C=O) groups is 1. The third-order valence-corrected chi connectivity index (χ3v) is 6.67. The van der Waals surface area contributed by atoms with Gasteiger partial charge in [0.1, 0.15) is 5.82 Å². The van der Waals surface area contributed by atoms with Crippen molar-refractivity contribution in [2.45, 2.75) is 31.7 Å². The Morgan fingerprint density at radius 2 is 1.88 bits per heavy atom. The van der Waals surface area contributed by atoms with Crippen molar-refractivity contribution in [3.63, 3.8) is 0 Å². The molecule has 3 heterocycles. The Kier molecular flexibility index (Phi) is 7.01. The van der Waals surface area contributed by atoms with E-state index in [9.17, 15) is 4.79 Å². The van der Waals surface area contributed by atoms with E-state index in [2.05, 4.69) is 69.2 Å². The first-order chi connectivity index (χ1) is 15.2. The summed E-state index contributed by atoms with van der Waals surface area (Å²) in [6, 6.07) is 16.9. The molecule has 2 saturated heterocycles. The van der Waals surface area contributed by atoms with E-state index >= 15 is 0 Å². The Morgan fingerprint density at radius 1 is 1.00 bits per heavy atom. The van der Waals surface area contributed by atoms with Gasteiger partial charge in [-0.05, 0) is 50.1 Å². The number of hydrogen-bond acceptors (Lipinski definition) is 4. The summed E-state index contributed by atoms with van der Waals surface area (Å²) in [5.74, 6) is 1.27. The topological polar surface area (TPSA) is 53.4 Å². The van der Waals surface area contributed by atoms with Gasteiger partial charge in [0, 0.05) is 44.5 Å². The number of rotatable bonds is 3. The quantitative estimate of drug-likeness (QED) is 0.654. The van der Waals surface area contributed by atoms with E-state index in [0.29, 0.717) is 0 Å². The van der Waals surface area contributed by atoms with Crippen molar-refractivity contribution in [2.75, 3.05) is 37.6 Å². The van der Waals surface area contributed by atoms with Gasteiger partial charge in [-0.15, -0.1) is 12.4 Å². The molecule has 2 aromatic carbocycles. The zero-order valence-electron chi connectivity index (χ0n) is 18.7. The number of halogens is 1. The number of fused-ring (bicyclic) bond motifs is 1. The van der Waals surface area contributed by atoms with Gasteiger partial charge in [-0.2, -0.15) is 0 Å². The molecule has 2 aliphatic rings. The lowest BCUT2D eigenvalue weighted by Gasteiger charge is -2.29. The number of carbonyl (C=O) groups excluding carboxylic acids is 1. The van der Waals surface area contributed by atoms with Crippen LogP contribution in [-0.2, 0) is 11.8 Å². The number of aryl methyl sites for hydroxylation is 1. The second-order valence-corrected chi connectivity index (χ2v) is 8.70. The minimum atomic E-state index is 0. The van der Waals surface area contributed by atoms with E-state index in [4.69, 9.17) is 4.98 Å². The first kappa shape index (κ1) is 22.6. The number of piperidine rings is 1. The zero-order valence-corrected chi connectivity index (χ0v) is 19.5. The summed E-state index contributed by atoms with van der Waals surface area (Å²) >= 11 is 0. The Hall–Kier alpha value is -2.57. The van der Waals surface area contributed by atoms with Crippen LogP contribution in [0.3, 0.4) is 0 Å². The van der Waals surface area contributed by atoms with E-state index in [1.165, 1.54) is 12.1 Å². The Morgan fingerprint density at radius 3 is 2.69 bits per heavy atom. The van der Waals surface area contributed by atoms with Gasteiger partial charge in [0.05, 0.1) is 17.1 Å². The van der Waals surface area contributed by atoms with Crippen molar-refractivity contribution in [3.05, 3.63) is 48.5 Å². The largest absolute Gasteiger partial charge is 0.370 e. The SMILES string of the molecule is Cl.Cn1c(-c2cccc(N3CCCN(C(=O)[C@H]4CCCCN4)CC3)c2)nc2ccccc21. The zero-order chi connectivity index (χ0) is 21.2. The van der Waals surface area contributed by atoms with E-state index in [1.807, 2.05) is 6.07 Å². The number of nitrogens with one attached hydrogen (secondary N) is 1. The molecule has 0 bridgehead atoms. The first-order valence-corrected chi connectivity index (χ1v) is 11.5. The second-order valence-electron chi connectivity index (χ2n) is 8.70. The number of para-hydroxylation sites is 2. The van der Waals surface area contributed by atoms with Crippen molar-refractivity contribution in [1.29, 1.82) is 0 Å². The minimum Gasteiger partial charge on any atom is -0.370 e. The molecule has 6 nitrogen and oxygen atoms in total. The first-order valence-electron chi connectivity index (χ1n) is 11.5. The third-order valence-electron chi connectivity index (χ3n) is 6.67. The summed E-state index contributed by atoms with van der Waals surface area (Å²) in [5.41, 5.74) is 4.49. The number of anilines is 1. The second kappa shape index (κ2) is 9.92. The van der Waals surface area contributed by atoms with Crippen molar-refractivity contribution < 1.29 is 4.79 Å². The lowest BCUT2D eigenvalue weighted by Crippen LogP contribution is -2.49. The van der Waals surface area contributed by atoms with Crippen LogP contribution in [-0.4, -0.2) is 59.1 Å². The summed E-state index contributed by atoms with van der Waals surface area (Å²) in [6.07, 6.45) is 4.30. The molecule has 7 heteroatoms. The summed E-state index contributed by atoms with van der Waals surface area (Å²) < 4.78 is 2.16. The maximum atomic E-state index is 12.9. The average Bonchev–Trinajstić information content (AvgIpc) is 2.99.